The molecule has 0 aromatic carbocycles. The Balaban J connectivity index is 0.00000676. The highest BCUT2D eigenvalue weighted by atomic mass is 127. The molecule has 1 amide bonds. The first-order chi connectivity index (χ1) is 12.3. The molecule has 2 atom stereocenters. The van der Waals surface area contributed by atoms with E-state index in [1.54, 1.807) is 19.0 Å². The monoisotopic (exact) mass is 497 g/mol. The molecule has 0 aliphatic carbocycles. The molecule has 0 radical (unpaired) electrons. The average Bonchev–Trinajstić information content (AvgIpc) is 2.62. The number of amides is 1. The number of nitrogens with one attached hydrogen (secondary N) is 2. The molecule has 1 saturated heterocycles. The summed E-state index contributed by atoms with van der Waals surface area (Å²) in [6.07, 6.45) is 2.13. The Morgan fingerprint density at radius 2 is 1.85 bits per heavy atom. The van der Waals surface area contributed by atoms with Crippen LogP contribution >= 0.6 is 24.0 Å². The van der Waals surface area contributed by atoms with Crippen LogP contribution in [0.25, 0.3) is 0 Å². The zero-order valence-electron chi connectivity index (χ0n) is 18.0. The quantitative estimate of drug-likeness (QED) is 0.289. The van der Waals surface area contributed by atoms with Gasteiger partial charge in [-0.1, -0.05) is 20.8 Å². The second-order valence-electron chi connectivity index (χ2n) is 7.72. The van der Waals surface area contributed by atoms with Gasteiger partial charge in [-0.25, -0.2) is 4.99 Å². The van der Waals surface area contributed by atoms with Gasteiger partial charge in [0.25, 0.3) is 0 Å². The third kappa shape index (κ3) is 11.1. The zero-order chi connectivity index (χ0) is 19.5. The van der Waals surface area contributed by atoms with Gasteiger partial charge in [0.15, 0.2) is 5.96 Å². The van der Waals surface area contributed by atoms with Gasteiger partial charge in [0.2, 0.25) is 5.91 Å². The number of rotatable bonds is 9. The van der Waals surface area contributed by atoms with E-state index in [0.717, 1.165) is 51.6 Å². The third-order valence-corrected chi connectivity index (χ3v) is 4.68. The lowest BCUT2D eigenvalue weighted by molar-refractivity contribution is -0.127. The minimum Gasteiger partial charge on any atom is -0.379 e. The van der Waals surface area contributed by atoms with E-state index in [0.29, 0.717) is 18.0 Å². The van der Waals surface area contributed by atoms with Crippen molar-refractivity contribution in [3.05, 3.63) is 0 Å². The predicted molar refractivity (Wildman–Crippen MR) is 123 cm³/mol. The molecule has 27 heavy (non-hydrogen) atoms. The van der Waals surface area contributed by atoms with Gasteiger partial charge in [-0.3, -0.25) is 9.69 Å². The van der Waals surface area contributed by atoms with Crippen molar-refractivity contribution >= 4 is 35.8 Å². The number of carbonyl (C=O) groups excluding carboxylic acids is 1. The standard InChI is InChI=1S/C19H39N5O2.HI/c1-7-16(4)22-19(21-14-18(25)23(5)6)20-13-17(12-15(2)3)24-8-10-26-11-9-24;/h15-17H,7-14H2,1-6H3,(H2,20,21,22);1H. The summed E-state index contributed by atoms with van der Waals surface area (Å²) in [5, 5.41) is 6.87. The van der Waals surface area contributed by atoms with Crippen molar-refractivity contribution in [3.8, 4) is 0 Å². The lowest BCUT2D eigenvalue weighted by Gasteiger charge is -2.36. The molecule has 0 spiro atoms. The molecule has 2 N–H and O–H groups in total. The van der Waals surface area contributed by atoms with Crippen LogP contribution in [-0.4, -0.2) is 87.2 Å². The van der Waals surface area contributed by atoms with Crippen molar-refractivity contribution in [1.82, 2.24) is 20.4 Å². The normalized spacial score (nSPS) is 17.8. The number of hydrogen-bond donors (Lipinski definition) is 2. The number of hydrogen-bond acceptors (Lipinski definition) is 4. The third-order valence-electron chi connectivity index (χ3n) is 4.68. The van der Waals surface area contributed by atoms with E-state index < -0.39 is 0 Å². The summed E-state index contributed by atoms with van der Waals surface area (Å²) in [6.45, 7) is 13.3. The molecule has 160 valence electrons. The van der Waals surface area contributed by atoms with Crippen LogP contribution in [0.5, 0.6) is 0 Å². The van der Waals surface area contributed by atoms with Gasteiger partial charge in [0.05, 0.1) is 13.2 Å². The molecule has 2 unspecified atom stereocenters. The molecule has 1 rings (SSSR count). The highest BCUT2D eigenvalue weighted by Gasteiger charge is 2.22. The van der Waals surface area contributed by atoms with Gasteiger partial charge in [0.1, 0.15) is 6.54 Å². The molecule has 1 aliphatic rings. The van der Waals surface area contributed by atoms with Crippen LogP contribution in [-0.2, 0) is 9.53 Å². The molecule has 0 bridgehead atoms. The highest BCUT2D eigenvalue weighted by molar-refractivity contribution is 14.0. The van der Waals surface area contributed by atoms with Crippen molar-refractivity contribution in [3.63, 3.8) is 0 Å². The maximum atomic E-state index is 11.9. The Morgan fingerprint density at radius 3 is 2.37 bits per heavy atom. The minimum absolute atomic E-state index is 0. The van der Waals surface area contributed by atoms with Gasteiger partial charge < -0.3 is 20.3 Å². The summed E-state index contributed by atoms with van der Waals surface area (Å²) in [4.78, 5) is 20.4. The van der Waals surface area contributed by atoms with Crippen molar-refractivity contribution in [2.24, 2.45) is 10.9 Å². The Labute approximate surface area is 182 Å². The summed E-state index contributed by atoms with van der Waals surface area (Å²) >= 11 is 0. The second kappa shape index (κ2) is 14.4. The number of ether oxygens (including phenoxy) is 1. The molecule has 0 aromatic heterocycles. The summed E-state index contributed by atoms with van der Waals surface area (Å²) in [5.41, 5.74) is 0. The van der Waals surface area contributed by atoms with E-state index in [1.165, 1.54) is 0 Å². The summed E-state index contributed by atoms with van der Waals surface area (Å²) in [7, 11) is 3.51. The molecule has 0 aromatic rings. The van der Waals surface area contributed by atoms with Crippen molar-refractivity contribution < 1.29 is 9.53 Å². The van der Waals surface area contributed by atoms with Gasteiger partial charge >= 0.3 is 0 Å². The van der Waals surface area contributed by atoms with E-state index in [4.69, 9.17) is 4.74 Å². The van der Waals surface area contributed by atoms with Gasteiger partial charge in [0, 0.05) is 45.8 Å². The number of aliphatic imine (C=N–C) groups is 1. The molecule has 0 saturated carbocycles. The fourth-order valence-electron chi connectivity index (χ4n) is 2.84. The Morgan fingerprint density at radius 1 is 1.22 bits per heavy atom. The number of halogens is 1. The maximum absolute atomic E-state index is 11.9. The zero-order valence-corrected chi connectivity index (χ0v) is 20.3. The molecule has 1 aliphatic heterocycles. The van der Waals surface area contributed by atoms with Gasteiger partial charge in [-0.05, 0) is 25.7 Å². The molecule has 7 nitrogen and oxygen atoms in total. The van der Waals surface area contributed by atoms with Crippen LogP contribution in [0.3, 0.4) is 0 Å². The predicted octanol–water partition coefficient (Wildman–Crippen LogP) is 1.77. The topological polar surface area (TPSA) is 69.2 Å². The van der Waals surface area contributed by atoms with Crippen molar-refractivity contribution in [2.45, 2.75) is 52.6 Å². The molecular weight excluding hydrogens is 457 g/mol. The van der Waals surface area contributed by atoms with E-state index in [9.17, 15) is 4.79 Å². The van der Waals surface area contributed by atoms with E-state index in [1.807, 2.05) is 0 Å². The van der Waals surface area contributed by atoms with E-state index in [-0.39, 0.29) is 36.4 Å². The number of guanidine groups is 1. The Bertz CT molecular complexity index is 440. The van der Waals surface area contributed by atoms with Gasteiger partial charge in [-0.15, -0.1) is 24.0 Å². The first-order valence-corrected chi connectivity index (χ1v) is 9.90. The second-order valence-corrected chi connectivity index (χ2v) is 7.72. The molecule has 1 fully saturated rings. The van der Waals surface area contributed by atoms with Crippen LogP contribution in [0.4, 0.5) is 0 Å². The molecule has 8 heteroatoms. The Kier molecular flexibility index (Phi) is 14.1. The largest absolute Gasteiger partial charge is 0.379 e. The highest BCUT2D eigenvalue weighted by Crippen LogP contribution is 2.13. The summed E-state index contributed by atoms with van der Waals surface area (Å²) in [6, 6.07) is 0.745. The average molecular weight is 497 g/mol. The van der Waals surface area contributed by atoms with Crippen LogP contribution in [0.2, 0.25) is 0 Å². The summed E-state index contributed by atoms with van der Waals surface area (Å²) < 4.78 is 5.49. The SMILES string of the molecule is CCC(C)NC(=NCC(=O)N(C)C)NCC(CC(C)C)N1CCOCC1.I. The smallest absolute Gasteiger partial charge is 0.243 e. The van der Waals surface area contributed by atoms with Gasteiger partial charge in [-0.2, -0.15) is 0 Å². The Hall–Kier alpha value is -0.610. The lowest BCUT2D eigenvalue weighted by Crippen LogP contribution is -2.52. The van der Waals surface area contributed by atoms with Crippen molar-refractivity contribution in [2.75, 3.05) is 53.5 Å². The summed E-state index contributed by atoms with van der Waals surface area (Å²) in [5.74, 6) is 1.35. The number of carbonyl (C=O) groups is 1. The number of nitrogens with zero attached hydrogens (tertiary/aromatic N) is 3. The van der Waals surface area contributed by atoms with Crippen LogP contribution < -0.4 is 10.6 Å². The number of morpholine rings is 1. The first kappa shape index (κ1) is 26.4. The van der Waals surface area contributed by atoms with Crippen LogP contribution in [0.1, 0.15) is 40.5 Å². The number of likely N-dealkylation sites (N-methyl/N-ethyl adjacent to an activating group) is 1. The lowest BCUT2D eigenvalue weighted by atomic mass is 10.0. The molecular formula is C19H40IN5O2. The fourth-order valence-corrected chi connectivity index (χ4v) is 2.84. The molecule has 1 heterocycles. The van der Waals surface area contributed by atoms with E-state index >= 15 is 0 Å². The first-order valence-electron chi connectivity index (χ1n) is 9.90. The van der Waals surface area contributed by atoms with Crippen LogP contribution in [0.15, 0.2) is 4.99 Å². The maximum Gasteiger partial charge on any atom is 0.243 e. The fraction of sp³-hybridized carbons (Fsp3) is 0.895. The minimum atomic E-state index is 0. The van der Waals surface area contributed by atoms with Crippen molar-refractivity contribution in [1.29, 1.82) is 0 Å². The van der Waals surface area contributed by atoms with E-state index in [2.05, 4.69) is 48.2 Å². The van der Waals surface area contributed by atoms with Crippen LogP contribution in [0, 0.1) is 5.92 Å².